The summed E-state index contributed by atoms with van der Waals surface area (Å²) in [5, 5.41) is 18.5. The molecule has 3 nitrogen and oxygen atoms in total. The van der Waals surface area contributed by atoms with Crippen molar-refractivity contribution in [2.75, 3.05) is 11.9 Å². The Balaban J connectivity index is 1.57. The summed E-state index contributed by atoms with van der Waals surface area (Å²) in [4.78, 5) is 0. The fourth-order valence-corrected chi connectivity index (χ4v) is 5.96. The van der Waals surface area contributed by atoms with Crippen molar-refractivity contribution in [3.05, 3.63) is 52.5 Å². The van der Waals surface area contributed by atoms with Crippen molar-refractivity contribution in [3.8, 4) is 5.75 Å². The van der Waals surface area contributed by atoms with E-state index in [1.54, 1.807) is 0 Å². The van der Waals surface area contributed by atoms with Gasteiger partial charge in [-0.25, -0.2) is 0 Å². The number of hydrogen-bond acceptors (Lipinski definition) is 3. The van der Waals surface area contributed by atoms with Gasteiger partial charge in [0.15, 0.2) is 0 Å². The lowest BCUT2D eigenvalue weighted by atomic mass is 9.53. The third-order valence-electron chi connectivity index (χ3n) is 6.90. The molecule has 4 heteroatoms. The molecule has 0 spiro atoms. The molecule has 26 heavy (non-hydrogen) atoms. The highest BCUT2D eigenvalue weighted by atomic mass is 35.5. The number of hydrogen-bond donors (Lipinski definition) is 3. The van der Waals surface area contributed by atoms with Crippen LogP contribution in [0.1, 0.15) is 43.2 Å². The van der Waals surface area contributed by atoms with Crippen LogP contribution in [0.2, 0.25) is 5.02 Å². The summed E-state index contributed by atoms with van der Waals surface area (Å²) in [7, 11) is 0. The summed E-state index contributed by atoms with van der Waals surface area (Å²) in [6.07, 6.45) is 7.48. The van der Waals surface area contributed by atoms with E-state index in [0.717, 1.165) is 30.3 Å². The average Bonchev–Trinajstić information content (AvgIpc) is 2.65. The Hall–Kier alpha value is -1.71. The topological polar surface area (TPSA) is 44.3 Å². The molecule has 2 aromatic carbocycles. The lowest BCUT2D eigenvalue weighted by Gasteiger charge is -2.56. The van der Waals surface area contributed by atoms with Gasteiger partial charge >= 0.3 is 0 Å². The molecule has 5 rings (SSSR count). The molecule has 2 fully saturated rings. The minimum Gasteiger partial charge on any atom is -0.506 e. The van der Waals surface area contributed by atoms with Crippen molar-refractivity contribution in [2.24, 2.45) is 5.92 Å². The molecule has 3 aliphatic rings. The zero-order valence-electron chi connectivity index (χ0n) is 14.9. The molecule has 1 saturated carbocycles. The van der Waals surface area contributed by atoms with Crippen LogP contribution in [0.3, 0.4) is 0 Å². The Labute approximate surface area is 159 Å². The van der Waals surface area contributed by atoms with Gasteiger partial charge in [-0.2, -0.15) is 0 Å². The van der Waals surface area contributed by atoms with Crippen LogP contribution >= 0.6 is 11.6 Å². The van der Waals surface area contributed by atoms with Crippen molar-refractivity contribution in [1.29, 1.82) is 0 Å². The van der Waals surface area contributed by atoms with Gasteiger partial charge in [-0.05, 0) is 73.5 Å². The number of piperidine rings is 1. The van der Waals surface area contributed by atoms with Gasteiger partial charge in [0, 0.05) is 11.5 Å². The second-order valence-electron chi connectivity index (χ2n) is 8.15. The summed E-state index contributed by atoms with van der Waals surface area (Å²) in [6, 6.07) is 12.4. The molecule has 0 radical (unpaired) electrons. The number of nitrogens with one attached hydrogen (secondary N) is 2. The summed E-state index contributed by atoms with van der Waals surface area (Å²) in [5.41, 5.74) is 4.63. The van der Waals surface area contributed by atoms with Gasteiger partial charge in [0.25, 0.3) is 0 Å². The van der Waals surface area contributed by atoms with Crippen molar-refractivity contribution < 1.29 is 5.11 Å². The number of phenolic OH excluding ortho intramolecular Hbond substituents is 1. The van der Waals surface area contributed by atoms with E-state index < -0.39 is 0 Å². The van der Waals surface area contributed by atoms with Crippen LogP contribution in [0.5, 0.6) is 5.75 Å². The first-order chi connectivity index (χ1) is 12.7. The van der Waals surface area contributed by atoms with E-state index in [4.69, 9.17) is 11.6 Å². The highest BCUT2D eigenvalue weighted by molar-refractivity contribution is 6.33. The van der Waals surface area contributed by atoms with E-state index in [0.29, 0.717) is 16.8 Å². The third-order valence-corrected chi connectivity index (χ3v) is 7.23. The van der Waals surface area contributed by atoms with Crippen LogP contribution in [0.25, 0.3) is 0 Å². The Morgan fingerprint density at radius 2 is 2.00 bits per heavy atom. The van der Waals surface area contributed by atoms with Crippen LogP contribution in [0.15, 0.2) is 36.4 Å². The number of phenols is 1. The largest absolute Gasteiger partial charge is 0.506 e. The summed E-state index contributed by atoms with van der Waals surface area (Å²) < 4.78 is 0. The molecule has 2 bridgehead atoms. The van der Waals surface area contributed by atoms with Crippen molar-refractivity contribution in [1.82, 2.24) is 5.32 Å². The normalized spacial score (nSPS) is 29.6. The molecule has 3 N–H and O–H groups in total. The summed E-state index contributed by atoms with van der Waals surface area (Å²) >= 11 is 6.28. The number of rotatable bonds is 2. The van der Waals surface area contributed by atoms with Crippen LogP contribution in [-0.4, -0.2) is 17.7 Å². The van der Waals surface area contributed by atoms with Crippen molar-refractivity contribution in [3.63, 3.8) is 0 Å². The molecule has 0 unspecified atom stereocenters. The minimum atomic E-state index is 0.266. The van der Waals surface area contributed by atoms with Crippen LogP contribution in [-0.2, 0) is 11.8 Å². The quantitative estimate of drug-likeness (QED) is 0.643. The number of para-hydroxylation sites is 1. The highest BCUT2D eigenvalue weighted by Gasteiger charge is 2.51. The first-order valence-corrected chi connectivity index (χ1v) is 10.2. The van der Waals surface area contributed by atoms with Gasteiger partial charge in [-0.1, -0.05) is 36.6 Å². The Morgan fingerprint density at radius 3 is 2.88 bits per heavy atom. The maximum absolute atomic E-state index is 10.8. The van der Waals surface area contributed by atoms with Gasteiger partial charge < -0.3 is 15.7 Å². The first kappa shape index (κ1) is 16.5. The smallest absolute Gasteiger partial charge is 0.139 e. The summed E-state index contributed by atoms with van der Waals surface area (Å²) in [5.74, 6) is 1.05. The van der Waals surface area contributed by atoms with E-state index in [1.807, 2.05) is 30.3 Å². The van der Waals surface area contributed by atoms with E-state index in [2.05, 4.69) is 16.7 Å². The van der Waals surface area contributed by atoms with Gasteiger partial charge in [0.2, 0.25) is 0 Å². The second kappa shape index (κ2) is 6.17. The molecular weight excluding hydrogens is 344 g/mol. The van der Waals surface area contributed by atoms with Crippen LogP contribution in [0, 0.1) is 5.92 Å². The molecule has 0 aromatic heterocycles. The Kier molecular flexibility index (Phi) is 3.91. The fraction of sp³-hybridized carbons (Fsp3) is 0.455. The number of aromatic hydroxyl groups is 1. The number of anilines is 2. The van der Waals surface area contributed by atoms with Crippen molar-refractivity contribution in [2.45, 2.75) is 50.0 Å². The fourth-order valence-electron chi connectivity index (χ4n) is 5.78. The molecule has 136 valence electrons. The predicted octanol–water partition coefficient (Wildman–Crippen LogP) is 5.14. The minimum absolute atomic E-state index is 0.266. The molecule has 1 aliphatic heterocycles. The van der Waals surface area contributed by atoms with E-state index in [1.165, 1.54) is 43.2 Å². The van der Waals surface area contributed by atoms with Gasteiger partial charge in [0.05, 0.1) is 16.4 Å². The number of halogens is 1. The summed E-state index contributed by atoms with van der Waals surface area (Å²) in [6.45, 7) is 1.10. The van der Waals surface area contributed by atoms with Gasteiger partial charge in [0.1, 0.15) is 5.75 Å². The van der Waals surface area contributed by atoms with E-state index >= 15 is 0 Å². The molecule has 0 amide bonds. The van der Waals surface area contributed by atoms with Crippen LogP contribution in [0.4, 0.5) is 11.4 Å². The maximum atomic E-state index is 10.8. The predicted molar refractivity (Wildman–Crippen MR) is 107 cm³/mol. The molecule has 1 heterocycles. The third kappa shape index (κ3) is 2.44. The molecular formula is C22H25ClN2O. The van der Waals surface area contributed by atoms with Gasteiger partial charge in [-0.15, -0.1) is 0 Å². The Morgan fingerprint density at radius 1 is 1.12 bits per heavy atom. The first-order valence-electron chi connectivity index (χ1n) is 9.79. The van der Waals surface area contributed by atoms with E-state index in [9.17, 15) is 5.11 Å². The molecule has 3 atom stereocenters. The lowest BCUT2D eigenvalue weighted by molar-refractivity contribution is 0.0796. The zero-order chi connectivity index (χ0) is 17.7. The molecule has 1 saturated heterocycles. The second-order valence-corrected chi connectivity index (χ2v) is 8.56. The molecule has 2 aliphatic carbocycles. The monoisotopic (exact) mass is 368 g/mol. The van der Waals surface area contributed by atoms with Gasteiger partial charge in [-0.3, -0.25) is 0 Å². The van der Waals surface area contributed by atoms with Crippen LogP contribution < -0.4 is 10.6 Å². The lowest BCUT2D eigenvalue weighted by Crippen LogP contribution is -2.59. The van der Waals surface area contributed by atoms with E-state index in [-0.39, 0.29) is 5.41 Å². The number of fused-ring (bicyclic) bond motifs is 1. The van der Waals surface area contributed by atoms with Crippen molar-refractivity contribution >= 4 is 23.0 Å². The zero-order valence-corrected chi connectivity index (χ0v) is 15.6. The standard InChI is InChI=1S/C22H25ClN2O/c23-17-6-1-2-7-18(17)25-20-12-14-11-19-15-5-3-4-8-22(15,9-10-24-19)16(14)13-21(20)26/h1-2,6-7,12-13,15,19,24-26H,3-5,8-11H2/t15-,19+,22+/m1/s1. The maximum Gasteiger partial charge on any atom is 0.139 e. The Bertz CT molecular complexity index is 848. The number of benzene rings is 2. The average molecular weight is 369 g/mol. The molecule has 2 aromatic rings. The highest BCUT2D eigenvalue weighted by Crippen LogP contribution is 2.55. The SMILES string of the molecule is Oc1cc2c(cc1Nc1ccccc1Cl)C[C@@H]1NCC[C@]23CCCC[C@H]13.